The van der Waals surface area contributed by atoms with Crippen LogP contribution < -0.4 is 16.5 Å². The van der Waals surface area contributed by atoms with Crippen LogP contribution >= 0.6 is 11.8 Å². The van der Waals surface area contributed by atoms with Crippen molar-refractivity contribution in [1.29, 1.82) is 0 Å². The molecule has 2 rings (SSSR count). The number of nitrogens with zero attached hydrogens (tertiary/aromatic N) is 2. The zero-order chi connectivity index (χ0) is 15.4. The Bertz CT molecular complexity index is 387. The van der Waals surface area contributed by atoms with Gasteiger partial charge in [-0.2, -0.15) is 16.1 Å². The number of hydrogen-bond acceptors (Lipinski definition) is 7. The monoisotopic (exact) mass is 317 g/mol. The van der Waals surface area contributed by atoms with E-state index in [-0.39, 0.29) is 23.4 Å². The molecule has 1 saturated heterocycles. The fraction of sp³-hybridized carbons (Fsp3) is 0.833. The van der Waals surface area contributed by atoms with Crippen LogP contribution in [0.25, 0.3) is 0 Å². The lowest BCUT2D eigenvalue weighted by molar-refractivity contribution is -0.143. The van der Waals surface area contributed by atoms with E-state index in [1.807, 2.05) is 5.01 Å². The average Bonchev–Trinajstić information content (AvgIpc) is 2.93. The zero-order valence-electron chi connectivity index (χ0n) is 12.3. The van der Waals surface area contributed by atoms with E-state index >= 15 is 0 Å². The summed E-state index contributed by atoms with van der Waals surface area (Å²) in [6, 6.07) is 0.273. The van der Waals surface area contributed by atoms with Gasteiger partial charge in [-0.05, 0) is 25.7 Å². The van der Waals surface area contributed by atoms with Crippen molar-refractivity contribution in [1.82, 2.24) is 26.4 Å². The van der Waals surface area contributed by atoms with Gasteiger partial charge in [-0.3, -0.25) is 9.59 Å². The minimum Gasteiger partial charge on any atom is -0.481 e. The van der Waals surface area contributed by atoms with Crippen molar-refractivity contribution < 1.29 is 14.7 Å². The lowest BCUT2D eigenvalue weighted by atomic mass is 9.86. The molecule has 1 heterocycles. The fourth-order valence-corrected chi connectivity index (χ4v) is 3.66. The highest BCUT2D eigenvalue weighted by atomic mass is 32.2. The second kappa shape index (κ2) is 7.41. The molecule has 2 aliphatic rings. The average molecular weight is 317 g/mol. The smallest absolute Gasteiger partial charge is 0.306 e. The van der Waals surface area contributed by atoms with E-state index in [0.717, 1.165) is 12.8 Å². The minimum absolute atomic E-state index is 0.0414. The molecule has 0 bridgehead atoms. The Morgan fingerprint density at radius 2 is 1.95 bits per heavy atom. The third-order valence-electron chi connectivity index (χ3n) is 3.94. The van der Waals surface area contributed by atoms with Crippen LogP contribution in [0, 0.1) is 5.92 Å². The van der Waals surface area contributed by atoms with Gasteiger partial charge in [0.15, 0.2) is 0 Å². The minimum atomic E-state index is -0.693. The van der Waals surface area contributed by atoms with Gasteiger partial charge in [-0.25, -0.2) is 5.43 Å². The summed E-state index contributed by atoms with van der Waals surface area (Å²) in [4.78, 5) is 24.2. The van der Waals surface area contributed by atoms with Gasteiger partial charge in [-0.15, -0.1) is 11.8 Å². The predicted octanol–water partition coefficient (Wildman–Crippen LogP) is -0.436. The molecule has 0 spiro atoms. The highest BCUT2D eigenvalue weighted by Gasteiger charge is 2.35. The summed E-state index contributed by atoms with van der Waals surface area (Å²) >= 11 is 1.51. The number of hydrogen-bond donors (Lipinski definition) is 4. The summed E-state index contributed by atoms with van der Waals surface area (Å²) in [7, 11) is 3.48. The standard InChI is InChI=1S/C12H23N5O3S/c1-16(2)10(18)7-21-12-13-14-15-17(12)9-5-3-8(4-6-9)11(19)20/h8-9,12-15H,3-7H2,1-2H3,(H,19,20). The maximum absolute atomic E-state index is 11.7. The Balaban J connectivity index is 1.82. The normalized spacial score (nSPS) is 30.3. The first-order valence-electron chi connectivity index (χ1n) is 7.08. The SMILES string of the molecule is CN(C)C(=O)CSC1NNNN1C1CCC(C(=O)O)CC1. The molecule has 120 valence electrons. The molecular formula is C12H23N5O3S. The Labute approximate surface area is 128 Å². The van der Waals surface area contributed by atoms with Crippen molar-refractivity contribution >= 4 is 23.6 Å². The van der Waals surface area contributed by atoms with Crippen LogP contribution in [0.3, 0.4) is 0 Å². The molecule has 9 heteroatoms. The topological polar surface area (TPSA) is 96.9 Å². The van der Waals surface area contributed by atoms with Gasteiger partial charge in [0.05, 0.1) is 11.7 Å². The molecule has 1 aliphatic carbocycles. The number of hydrazine groups is 3. The largest absolute Gasteiger partial charge is 0.481 e. The molecular weight excluding hydrogens is 294 g/mol. The summed E-state index contributed by atoms with van der Waals surface area (Å²) in [5, 5.41) is 11.1. The van der Waals surface area contributed by atoms with Gasteiger partial charge in [0.2, 0.25) is 5.91 Å². The molecule has 8 nitrogen and oxygen atoms in total. The third-order valence-corrected chi connectivity index (χ3v) is 5.01. The first kappa shape index (κ1) is 16.5. The Morgan fingerprint density at radius 3 is 2.52 bits per heavy atom. The van der Waals surface area contributed by atoms with Crippen LogP contribution in [0.5, 0.6) is 0 Å². The van der Waals surface area contributed by atoms with E-state index in [9.17, 15) is 9.59 Å². The van der Waals surface area contributed by atoms with Gasteiger partial charge in [0.25, 0.3) is 0 Å². The van der Waals surface area contributed by atoms with Gasteiger partial charge in [0, 0.05) is 20.1 Å². The highest BCUT2D eigenvalue weighted by Crippen LogP contribution is 2.30. The van der Waals surface area contributed by atoms with Crippen molar-refractivity contribution in [3.8, 4) is 0 Å². The molecule has 1 atom stereocenters. The predicted molar refractivity (Wildman–Crippen MR) is 79.6 cm³/mol. The quantitative estimate of drug-likeness (QED) is 0.542. The summed E-state index contributed by atoms with van der Waals surface area (Å²) in [5.74, 6) is -0.439. The molecule has 1 aliphatic heterocycles. The lowest BCUT2D eigenvalue weighted by Crippen LogP contribution is -2.48. The second-order valence-electron chi connectivity index (χ2n) is 5.58. The summed E-state index contributed by atoms with van der Waals surface area (Å²) in [6.07, 6.45) is 3.08. The zero-order valence-corrected chi connectivity index (χ0v) is 13.2. The lowest BCUT2D eigenvalue weighted by Gasteiger charge is -2.34. The van der Waals surface area contributed by atoms with Crippen molar-refractivity contribution in [2.45, 2.75) is 37.2 Å². The molecule has 1 amide bonds. The summed E-state index contributed by atoms with van der Waals surface area (Å²) in [6.45, 7) is 0. The van der Waals surface area contributed by atoms with Crippen LogP contribution in [-0.4, -0.2) is 58.3 Å². The van der Waals surface area contributed by atoms with Gasteiger partial charge >= 0.3 is 5.97 Å². The number of carboxylic acids is 1. The number of carbonyl (C=O) groups excluding carboxylic acids is 1. The molecule has 1 unspecified atom stereocenters. The van der Waals surface area contributed by atoms with Gasteiger partial charge in [-0.1, -0.05) is 0 Å². The van der Waals surface area contributed by atoms with Crippen LogP contribution in [0.15, 0.2) is 0 Å². The fourth-order valence-electron chi connectivity index (χ4n) is 2.57. The number of thioether (sulfide) groups is 1. The van der Waals surface area contributed by atoms with Crippen LogP contribution in [0.1, 0.15) is 25.7 Å². The molecule has 1 saturated carbocycles. The molecule has 0 radical (unpaired) electrons. The number of carbonyl (C=O) groups is 2. The van der Waals surface area contributed by atoms with Crippen molar-refractivity contribution in [2.24, 2.45) is 5.92 Å². The van der Waals surface area contributed by atoms with Crippen LogP contribution in [0.2, 0.25) is 0 Å². The van der Waals surface area contributed by atoms with E-state index in [1.165, 1.54) is 11.8 Å². The first-order chi connectivity index (χ1) is 9.99. The second-order valence-corrected chi connectivity index (χ2v) is 6.65. The van der Waals surface area contributed by atoms with Crippen molar-refractivity contribution in [3.05, 3.63) is 0 Å². The van der Waals surface area contributed by atoms with E-state index in [2.05, 4.69) is 16.5 Å². The molecule has 0 aromatic heterocycles. The van der Waals surface area contributed by atoms with E-state index < -0.39 is 5.97 Å². The maximum Gasteiger partial charge on any atom is 0.306 e. The van der Waals surface area contributed by atoms with Crippen LogP contribution in [-0.2, 0) is 9.59 Å². The number of amides is 1. The highest BCUT2D eigenvalue weighted by molar-refractivity contribution is 8.00. The summed E-state index contributed by atoms with van der Waals surface area (Å²) in [5.41, 5.74) is 8.95. The first-order valence-corrected chi connectivity index (χ1v) is 8.13. The Hall–Kier alpha value is -0.870. The molecule has 0 aromatic carbocycles. The van der Waals surface area contributed by atoms with E-state index in [0.29, 0.717) is 18.6 Å². The number of nitrogens with one attached hydrogen (secondary N) is 3. The van der Waals surface area contributed by atoms with Gasteiger partial charge < -0.3 is 10.0 Å². The Morgan fingerprint density at radius 1 is 1.29 bits per heavy atom. The Kier molecular flexibility index (Phi) is 5.82. The third kappa shape index (κ3) is 4.30. The number of aliphatic carboxylic acids is 1. The van der Waals surface area contributed by atoms with Crippen molar-refractivity contribution in [3.63, 3.8) is 0 Å². The number of carboxylic acid groups (broad SMARTS) is 1. The molecule has 21 heavy (non-hydrogen) atoms. The molecule has 2 fully saturated rings. The number of rotatable bonds is 5. The molecule has 4 N–H and O–H groups in total. The van der Waals surface area contributed by atoms with Gasteiger partial charge in [0.1, 0.15) is 5.50 Å². The van der Waals surface area contributed by atoms with Crippen LogP contribution in [0.4, 0.5) is 0 Å². The maximum atomic E-state index is 11.7. The summed E-state index contributed by atoms with van der Waals surface area (Å²) < 4.78 is 0. The van der Waals surface area contributed by atoms with E-state index in [4.69, 9.17) is 5.11 Å². The van der Waals surface area contributed by atoms with E-state index in [1.54, 1.807) is 19.0 Å². The molecule has 0 aromatic rings. The van der Waals surface area contributed by atoms with Crippen molar-refractivity contribution in [2.75, 3.05) is 19.8 Å².